The van der Waals surface area contributed by atoms with Crippen LogP contribution in [0.5, 0.6) is 0 Å². The van der Waals surface area contributed by atoms with E-state index in [4.69, 9.17) is 9.47 Å². The number of aromatic nitrogens is 1. The fourth-order valence-electron chi connectivity index (χ4n) is 9.36. The molecule has 1 aromatic heterocycles. The molecule has 0 spiro atoms. The van der Waals surface area contributed by atoms with Crippen LogP contribution in [-0.4, -0.2) is 30.0 Å². The first-order chi connectivity index (χ1) is 26.5. The van der Waals surface area contributed by atoms with E-state index in [0.717, 1.165) is 26.1 Å². The summed E-state index contributed by atoms with van der Waals surface area (Å²) < 4.78 is 13.6. The van der Waals surface area contributed by atoms with E-state index in [1.165, 1.54) is 94.3 Å². The highest BCUT2D eigenvalue weighted by Gasteiger charge is 2.46. The monoisotopic (exact) mass is 699 g/mol. The quantitative estimate of drug-likeness (QED) is 0.148. The molecule has 0 radical (unpaired) electrons. The molecular formula is C51H41NO2. The maximum Gasteiger partial charge on any atom is 0.0850 e. The van der Waals surface area contributed by atoms with Crippen LogP contribution < -0.4 is 0 Å². The van der Waals surface area contributed by atoms with Crippen LogP contribution in [0.15, 0.2) is 152 Å². The fraction of sp³-hybridized carbons (Fsp3) is 0.176. The predicted octanol–water partition coefficient (Wildman–Crippen LogP) is 11.3. The summed E-state index contributed by atoms with van der Waals surface area (Å²) >= 11 is 0. The number of hydrogen-bond acceptors (Lipinski definition) is 2. The molecule has 262 valence electrons. The highest BCUT2D eigenvalue weighted by molar-refractivity contribution is 6.10. The zero-order valence-corrected chi connectivity index (χ0v) is 30.7. The van der Waals surface area contributed by atoms with Crippen molar-refractivity contribution >= 4 is 21.8 Å². The molecule has 0 N–H and O–H groups in total. The number of nitrogens with zero attached hydrogens (tertiary/aromatic N) is 1. The Morgan fingerprint density at radius 2 is 1.15 bits per heavy atom. The minimum atomic E-state index is -0.462. The van der Waals surface area contributed by atoms with Gasteiger partial charge in [-0.3, -0.25) is 0 Å². The molecule has 3 heteroatoms. The molecule has 3 aliphatic rings. The highest BCUT2D eigenvalue weighted by Crippen LogP contribution is 2.57. The van der Waals surface area contributed by atoms with Gasteiger partial charge in [0, 0.05) is 29.3 Å². The molecule has 8 aromatic rings. The Labute approximate surface area is 316 Å². The third-order valence-corrected chi connectivity index (χ3v) is 12.1. The smallest absolute Gasteiger partial charge is 0.0850 e. The maximum absolute atomic E-state index is 5.60. The van der Waals surface area contributed by atoms with Crippen molar-refractivity contribution in [1.82, 2.24) is 4.57 Å². The van der Waals surface area contributed by atoms with Gasteiger partial charge in [-0.15, -0.1) is 0 Å². The average Bonchev–Trinajstić information content (AvgIpc) is 4.15. The van der Waals surface area contributed by atoms with Crippen LogP contribution in [0.4, 0.5) is 0 Å². The Kier molecular flexibility index (Phi) is 7.14. The molecule has 11 rings (SSSR count). The van der Waals surface area contributed by atoms with Gasteiger partial charge >= 0.3 is 0 Å². The van der Waals surface area contributed by atoms with E-state index in [1.54, 1.807) is 0 Å². The normalized spacial score (nSPS) is 19.6. The SMILES string of the molecule is Cc1ccc2c(c1)C(c1ccc(CC3CO3)cc1)(c1ccc(CC3CO3)cc1)c1cc(C)c(-c3ccc4c(c3)c3ccccc3n4-c3ccccc3)cc1-2. The molecule has 2 saturated heterocycles. The fourth-order valence-corrected chi connectivity index (χ4v) is 9.36. The lowest BCUT2D eigenvalue weighted by molar-refractivity contribution is 0.407. The molecule has 3 heterocycles. The maximum atomic E-state index is 5.60. The molecular weight excluding hydrogens is 659 g/mol. The summed E-state index contributed by atoms with van der Waals surface area (Å²) in [4.78, 5) is 0. The lowest BCUT2D eigenvalue weighted by atomic mass is 9.67. The van der Waals surface area contributed by atoms with Crippen LogP contribution in [0.1, 0.15) is 44.5 Å². The summed E-state index contributed by atoms with van der Waals surface area (Å²) in [6, 6.07) is 57.4. The van der Waals surface area contributed by atoms with E-state index in [9.17, 15) is 0 Å². The van der Waals surface area contributed by atoms with Gasteiger partial charge in [-0.1, -0.05) is 121 Å². The van der Waals surface area contributed by atoms with E-state index in [1.807, 2.05) is 0 Å². The number of benzene rings is 7. The summed E-state index contributed by atoms with van der Waals surface area (Å²) in [6.07, 6.45) is 2.65. The Hall–Kier alpha value is -5.74. The molecule has 2 atom stereocenters. The second-order valence-electron chi connectivity index (χ2n) is 15.6. The van der Waals surface area contributed by atoms with Crippen molar-refractivity contribution in [2.45, 2.75) is 44.3 Å². The Morgan fingerprint density at radius 1 is 0.537 bits per heavy atom. The van der Waals surface area contributed by atoms with Gasteiger partial charge in [0.15, 0.2) is 0 Å². The minimum absolute atomic E-state index is 0.360. The van der Waals surface area contributed by atoms with Crippen molar-refractivity contribution in [3.8, 4) is 27.9 Å². The minimum Gasteiger partial charge on any atom is -0.373 e. The van der Waals surface area contributed by atoms with Gasteiger partial charge in [0.25, 0.3) is 0 Å². The zero-order chi connectivity index (χ0) is 36.0. The molecule has 1 aliphatic carbocycles. The average molecular weight is 700 g/mol. The molecule has 0 saturated carbocycles. The number of hydrogen-bond donors (Lipinski definition) is 0. The van der Waals surface area contributed by atoms with Crippen molar-refractivity contribution in [1.29, 1.82) is 0 Å². The first kappa shape index (κ1) is 31.8. The van der Waals surface area contributed by atoms with Crippen molar-refractivity contribution in [3.63, 3.8) is 0 Å². The summed E-state index contributed by atoms with van der Waals surface area (Å²) in [5, 5.41) is 2.54. The lowest BCUT2D eigenvalue weighted by Gasteiger charge is -2.34. The largest absolute Gasteiger partial charge is 0.373 e. The number of aryl methyl sites for hydroxylation is 2. The van der Waals surface area contributed by atoms with Crippen LogP contribution in [-0.2, 0) is 27.7 Å². The first-order valence-corrected chi connectivity index (χ1v) is 19.3. The summed E-state index contributed by atoms with van der Waals surface area (Å²) in [6.45, 7) is 6.26. The van der Waals surface area contributed by atoms with Gasteiger partial charge in [-0.25, -0.2) is 0 Å². The van der Waals surface area contributed by atoms with Gasteiger partial charge in [0.2, 0.25) is 0 Å². The Bertz CT molecular complexity index is 2670. The van der Waals surface area contributed by atoms with E-state index in [0.29, 0.717) is 12.2 Å². The van der Waals surface area contributed by atoms with Crippen LogP contribution in [0.2, 0.25) is 0 Å². The molecule has 0 amide bonds. The number of rotatable bonds is 8. The standard InChI is InChI=1S/C51H41NO2/c1-32-12-22-42-45-29-44(36-17-23-50-46(28-36)43-10-6-7-11-49(43)52(50)39-8-4-3-5-9-39)33(2)25-48(45)51(47(42)24-32,37-18-13-34(14-19-37)26-40-30-53-40)38-20-15-35(16-21-38)27-41-31-54-41/h3-25,28-29,40-41H,26-27,30-31H2,1-2H3. The second kappa shape index (κ2) is 12.1. The van der Waals surface area contributed by atoms with E-state index >= 15 is 0 Å². The Balaban J connectivity index is 1.12. The highest BCUT2D eigenvalue weighted by atomic mass is 16.6. The summed E-state index contributed by atoms with van der Waals surface area (Å²) in [7, 11) is 0. The van der Waals surface area contributed by atoms with Crippen LogP contribution in [0, 0.1) is 13.8 Å². The molecule has 2 unspecified atom stereocenters. The Morgan fingerprint density at radius 3 is 1.81 bits per heavy atom. The number of fused-ring (bicyclic) bond motifs is 6. The van der Waals surface area contributed by atoms with Gasteiger partial charge in [-0.05, 0) is 111 Å². The van der Waals surface area contributed by atoms with Gasteiger partial charge in [0.1, 0.15) is 0 Å². The lowest BCUT2D eigenvalue weighted by Crippen LogP contribution is -2.29. The van der Waals surface area contributed by atoms with Crippen molar-refractivity contribution in [2.24, 2.45) is 0 Å². The van der Waals surface area contributed by atoms with Crippen LogP contribution in [0.25, 0.3) is 49.7 Å². The first-order valence-electron chi connectivity index (χ1n) is 19.3. The summed E-state index contributed by atoms with van der Waals surface area (Å²) in [5.41, 5.74) is 18.8. The van der Waals surface area contributed by atoms with Crippen LogP contribution in [0.3, 0.4) is 0 Å². The third kappa shape index (κ3) is 5.03. The summed E-state index contributed by atoms with van der Waals surface area (Å²) in [5.74, 6) is 0. The van der Waals surface area contributed by atoms with Crippen LogP contribution >= 0.6 is 0 Å². The molecule has 2 fully saturated rings. The van der Waals surface area contributed by atoms with E-state index in [2.05, 4.69) is 170 Å². The molecule has 0 bridgehead atoms. The van der Waals surface area contributed by atoms with Gasteiger partial charge < -0.3 is 14.0 Å². The molecule has 54 heavy (non-hydrogen) atoms. The molecule has 7 aromatic carbocycles. The number of para-hydroxylation sites is 2. The van der Waals surface area contributed by atoms with Gasteiger partial charge in [-0.2, -0.15) is 0 Å². The van der Waals surface area contributed by atoms with Crippen molar-refractivity contribution in [2.75, 3.05) is 13.2 Å². The zero-order valence-electron chi connectivity index (χ0n) is 30.7. The number of ether oxygens (including phenoxy) is 2. The second-order valence-corrected chi connectivity index (χ2v) is 15.6. The van der Waals surface area contributed by atoms with Crippen molar-refractivity contribution < 1.29 is 9.47 Å². The van der Waals surface area contributed by atoms with Crippen molar-refractivity contribution in [3.05, 3.63) is 196 Å². The third-order valence-electron chi connectivity index (χ3n) is 12.1. The predicted molar refractivity (Wildman–Crippen MR) is 220 cm³/mol. The molecule has 3 nitrogen and oxygen atoms in total. The van der Waals surface area contributed by atoms with E-state index < -0.39 is 5.41 Å². The van der Waals surface area contributed by atoms with Gasteiger partial charge in [0.05, 0.1) is 41.9 Å². The topological polar surface area (TPSA) is 30.0 Å². The molecule has 2 aliphatic heterocycles. The number of epoxide rings is 2. The van der Waals surface area contributed by atoms with E-state index in [-0.39, 0.29) is 0 Å².